The summed E-state index contributed by atoms with van der Waals surface area (Å²) in [5.74, 6) is -1.07. The van der Waals surface area contributed by atoms with Crippen LogP contribution in [-0.2, 0) is 0 Å². The van der Waals surface area contributed by atoms with E-state index in [1.54, 1.807) is 18.2 Å². The minimum Gasteiger partial charge on any atom is -0.478 e. The molecule has 1 heterocycles. The van der Waals surface area contributed by atoms with Crippen molar-refractivity contribution in [2.75, 3.05) is 0 Å². The molecule has 1 aromatic heterocycles. The van der Waals surface area contributed by atoms with Crippen LogP contribution in [0.2, 0.25) is 10.2 Å². The van der Waals surface area contributed by atoms with Crippen LogP contribution in [0, 0.1) is 0 Å². The summed E-state index contributed by atoms with van der Waals surface area (Å²) in [6, 6.07) is 5.01. The van der Waals surface area contributed by atoms with Gasteiger partial charge in [-0.1, -0.05) is 35.3 Å². The zero-order valence-electron chi connectivity index (χ0n) is 6.84. The van der Waals surface area contributed by atoms with E-state index in [4.69, 9.17) is 28.3 Å². The van der Waals surface area contributed by atoms with Crippen LogP contribution in [-0.4, -0.2) is 16.1 Å². The maximum Gasteiger partial charge on any atom is 0.339 e. The van der Waals surface area contributed by atoms with Crippen molar-refractivity contribution in [2.24, 2.45) is 0 Å². The summed E-state index contributed by atoms with van der Waals surface area (Å²) in [6.45, 7) is 0. The zero-order valence-corrected chi connectivity index (χ0v) is 8.36. The molecule has 1 aromatic carbocycles. The van der Waals surface area contributed by atoms with Crippen molar-refractivity contribution in [3.8, 4) is 0 Å². The van der Waals surface area contributed by atoms with Crippen LogP contribution < -0.4 is 0 Å². The molecule has 0 aliphatic heterocycles. The predicted molar refractivity (Wildman–Crippen MR) is 55.3 cm³/mol. The molecule has 0 unspecified atom stereocenters. The molecule has 2 aromatic rings. The number of hydrogen-bond donors (Lipinski definition) is 2. The van der Waals surface area contributed by atoms with E-state index in [2.05, 4.69) is 4.98 Å². The molecule has 0 saturated heterocycles. The third-order valence-electron chi connectivity index (χ3n) is 1.95. The Balaban J connectivity index is 2.90. The van der Waals surface area contributed by atoms with Gasteiger partial charge in [0.1, 0.15) is 10.7 Å². The number of H-pyrrole nitrogens is 1. The molecule has 3 nitrogen and oxygen atoms in total. The number of para-hydroxylation sites is 1. The van der Waals surface area contributed by atoms with Crippen LogP contribution in [0.4, 0.5) is 0 Å². The van der Waals surface area contributed by atoms with E-state index in [0.717, 1.165) is 0 Å². The molecular formula is C9H5Cl2NO2. The molecule has 0 aliphatic carbocycles. The lowest BCUT2D eigenvalue weighted by Gasteiger charge is -1.93. The first-order valence-corrected chi connectivity index (χ1v) is 4.56. The Morgan fingerprint density at radius 2 is 2.07 bits per heavy atom. The van der Waals surface area contributed by atoms with E-state index in [-0.39, 0.29) is 10.7 Å². The number of carbonyl (C=O) groups is 1. The van der Waals surface area contributed by atoms with Gasteiger partial charge in [-0.3, -0.25) is 0 Å². The second-order valence-corrected chi connectivity index (χ2v) is 3.57. The summed E-state index contributed by atoms with van der Waals surface area (Å²) < 4.78 is 0. The molecule has 2 N–H and O–H groups in total. The molecule has 0 atom stereocenters. The number of aromatic amines is 1. The second-order valence-electron chi connectivity index (χ2n) is 2.78. The number of nitrogens with one attached hydrogen (secondary N) is 1. The maximum absolute atomic E-state index is 10.9. The maximum atomic E-state index is 10.9. The van der Waals surface area contributed by atoms with Crippen molar-refractivity contribution in [3.63, 3.8) is 0 Å². The van der Waals surface area contributed by atoms with Crippen LogP contribution >= 0.6 is 23.2 Å². The summed E-state index contributed by atoms with van der Waals surface area (Å²) in [4.78, 5) is 13.6. The van der Waals surface area contributed by atoms with Crippen LogP contribution in [0.15, 0.2) is 18.2 Å². The average molecular weight is 230 g/mol. The third kappa shape index (κ3) is 1.25. The average Bonchev–Trinajstić information content (AvgIpc) is 2.42. The highest BCUT2D eigenvalue weighted by atomic mass is 35.5. The van der Waals surface area contributed by atoms with E-state index in [1.807, 2.05) is 0 Å². The van der Waals surface area contributed by atoms with Gasteiger partial charge in [-0.25, -0.2) is 4.79 Å². The van der Waals surface area contributed by atoms with E-state index < -0.39 is 5.97 Å². The topological polar surface area (TPSA) is 53.1 Å². The molecule has 0 spiro atoms. The Morgan fingerprint density at radius 1 is 1.36 bits per heavy atom. The van der Waals surface area contributed by atoms with Gasteiger partial charge in [-0.15, -0.1) is 0 Å². The van der Waals surface area contributed by atoms with E-state index >= 15 is 0 Å². The van der Waals surface area contributed by atoms with Gasteiger partial charge in [-0.05, 0) is 6.07 Å². The van der Waals surface area contributed by atoms with E-state index in [1.165, 1.54) is 0 Å². The number of halogens is 2. The standard InChI is InChI=1S/C9H5Cl2NO2/c10-5-3-1-2-4-6(9(13)14)8(11)12-7(4)5/h1-3,12H,(H,13,14). The van der Waals surface area contributed by atoms with Gasteiger partial charge < -0.3 is 10.1 Å². The number of benzene rings is 1. The number of carboxylic acid groups (broad SMARTS) is 1. The Bertz CT molecular complexity index is 519. The van der Waals surface area contributed by atoms with Gasteiger partial charge in [0.15, 0.2) is 0 Å². The molecule has 0 aliphatic rings. The van der Waals surface area contributed by atoms with Gasteiger partial charge >= 0.3 is 5.97 Å². The summed E-state index contributed by atoms with van der Waals surface area (Å²) >= 11 is 11.6. The summed E-state index contributed by atoms with van der Waals surface area (Å²) in [5, 5.41) is 9.97. The Kier molecular flexibility index (Phi) is 2.13. The highest BCUT2D eigenvalue weighted by molar-refractivity contribution is 6.38. The predicted octanol–water partition coefficient (Wildman–Crippen LogP) is 3.17. The number of aromatic carboxylic acids is 1. The van der Waals surface area contributed by atoms with Crippen molar-refractivity contribution < 1.29 is 9.90 Å². The first-order valence-electron chi connectivity index (χ1n) is 3.80. The molecule has 5 heteroatoms. The van der Waals surface area contributed by atoms with Gasteiger partial charge in [0.05, 0.1) is 10.5 Å². The molecule has 0 bridgehead atoms. The Morgan fingerprint density at radius 3 is 2.71 bits per heavy atom. The molecule has 0 saturated carbocycles. The third-order valence-corrected chi connectivity index (χ3v) is 2.55. The van der Waals surface area contributed by atoms with Crippen molar-refractivity contribution in [1.29, 1.82) is 0 Å². The number of hydrogen-bond acceptors (Lipinski definition) is 1. The smallest absolute Gasteiger partial charge is 0.339 e. The lowest BCUT2D eigenvalue weighted by atomic mass is 10.2. The highest BCUT2D eigenvalue weighted by Gasteiger charge is 2.17. The van der Waals surface area contributed by atoms with Gasteiger partial charge in [0, 0.05) is 5.39 Å². The molecule has 0 radical (unpaired) electrons. The van der Waals surface area contributed by atoms with Gasteiger partial charge in [-0.2, -0.15) is 0 Å². The number of aromatic nitrogens is 1. The van der Waals surface area contributed by atoms with Crippen molar-refractivity contribution >= 4 is 40.1 Å². The monoisotopic (exact) mass is 229 g/mol. The number of carboxylic acids is 1. The molecular weight excluding hydrogens is 225 g/mol. The minimum atomic E-state index is -1.07. The van der Waals surface area contributed by atoms with E-state index in [9.17, 15) is 4.79 Å². The minimum absolute atomic E-state index is 0.0594. The quantitative estimate of drug-likeness (QED) is 0.790. The Hall–Kier alpha value is -1.19. The zero-order chi connectivity index (χ0) is 10.3. The summed E-state index contributed by atoms with van der Waals surface area (Å²) in [7, 11) is 0. The van der Waals surface area contributed by atoms with Gasteiger partial charge in [0.2, 0.25) is 0 Å². The fourth-order valence-corrected chi connectivity index (χ4v) is 1.86. The van der Waals surface area contributed by atoms with Crippen LogP contribution in [0.5, 0.6) is 0 Å². The first-order chi connectivity index (χ1) is 6.61. The first kappa shape index (κ1) is 9.37. The fraction of sp³-hybridized carbons (Fsp3) is 0. The van der Waals surface area contributed by atoms with Crippen LogP contribution in [0.3, 0.4) is 0 Å². The SMILES string of the molecule is O=C(O)c1c(Cl)[nH]c2c(Cl)cccc12. The summed E-state index contributed by atoms with van der Waals surface area (Å²) in [6.07, 6.45) is 0. The number of rotatable bonds is 1. The van der Waals surface area contributed by atoms with Crippen molar-refractivity contribution in [3.05, 3.63) is 33.9 Å². The normalized spacial score (nSPS) is 10.7. The molecule has 72 valence electrons. The molecule has 2 rings (SSSR count). The van der Waals surface area contributed by atoms with Crippen molar-refractivity contribution in [1.82, 2.24) is 4.98 Å². The van der Waals surface area contributed by atoms with E-state index in [0.29, 0.717) is 15.9 Å². The molecule has 0 amide bonds. The highest BCUT2D eigenvalue weighted by Crippen LogP contribution is 2.30. The lowest BCUT2D eigenvalue weighted by Crippen LogP contribution is -1.94. The fourth-order valence-electron chi connectivity index (χ4n) is 1.36. The van der Waals surface area contributed by atoms with Crippen LogP contribution in [0.25, 0.3) is 10.9 Å². The largest absolute Gasteiger partial charge is 0.478 e. The second kappa shape index (κ2) is 3.19. The van der Waals surface area contributed by atoms with Gasteiger partial charge in [0.25, 0.3) is 0 Å². The lowest BCUT2D eigenvalue weighted by molar-refractivity contribution is 0.0699. The Labute approximate surface area is 89.2 Å². The molecule has 0 fully saturated rings. The van der Waals surface area contributed by atoms with Crippen LogP contribution in [0.1, 0.15) is 10.4 Å². The molecule has 14 heavy (non-hydrogen) atoms. The summed E-state index contributed by atoms with van der Waals surface area (Å²) in [5.41, 5.74) is 0.612. The number of fused-ring (bicyclic) bond motifs is 1. The van der Waals surface area contributed by atoms with Crippen molar-refractivity contribution in [2.45, 2.75) is 0 Å².